The topological polar surface area (TPSA) is 47.9 Å². The fourth-order valence-electron chi connectivity index (χ4n) is 2.62. The van der Waals surface area contributed by atoms with Crippen LogP contribution in [0.25, 0.3) is 0 Å². The summed E-state index contributed by atoms with van der Waals surface area (Å²) >= 11 is 0. The highest BCUT2D eigenvalue weighted by Gasteiger charge is 2.08. The second kappa shape index (κ2) is 14.5. The monoisotopic (exact) mass is 347 g/mol. The molecule has 140 valence electrons. The zero-order chi connectivity index (χ0) is 18.2. The third kappa shape index (κ3) is 10.6. The third-order valence-corrected chi connectivity index (χ3v) is 4.05. The Kier molecular flexibility index (Phi) is 12.3. The summed E-state index contributed by atoms with van der Waals surface area (Å²) in [5, 5.41) is 3.90. The van der Waals surface area contributed by atoms with Gasteiger partial charge in [0.15, 0.2) is 0 Å². The summed E-state index contributed by atoms with van der Waals surface area (Å²) in [6.45, 7) is 4.68. The largest absolute Gasteiger partial charge is 0.479 e. The van der Waals surface area contributed by atoms with Crippen LogP contribution in [0.4, 0.5) is 0 Å². The molecule has 0 atom stereocenters. The lowest BCUT2D eigenvalue weighted by atomic mass is 10.1. The molecule has 25 heavy (non-hydrogen) atoms. The Morgan fingerprint density at radius 3 is 2.08 bits per heavy atom. The van der Waals surface area contributed by atoms with Crippen LogP contribution in [0.2, 0.25) is 0 Å². The van der Waals surface area contributed by atoms with Gasteiger partial charge in [0.1, 0.15) is 0 Å². The lowest BCUT2D eigenvalue weighted by Crippen LogP contribution is -2.08. The van der Waals surface area contributed by atoms with Gasteiger partial charge in [-0.2, -0.15) is 0 Å². The van der Waals surface area contributed by atoms with Crippen LogP contribution < -0.4 is 0 Å². The van der Waals surface area contributed by atoms with Crippen molar-refractivity contribution in [3.8, 4) is 0 Å². The smallest absolute Gasteiger partial charge is 0.365 e. The molecule has 0 aromatic heterocycles. The summed E-state index contributed by atoms with van der Waals surface area (Å²) in [5.41, 5.74) is 0.491. The number of ether oxygens (including phenoxy) is 1. The Morgan fingerprint density at radius 2 is 1.48 bits per heavy atom. The second-order valence-electron chi connectivity index (χ2n) is 6.24. The molecule has 0 saturated heterocycles. The van der Waals surface area contributed by atoms with Crippen molar-refractivity contribution in [1.82, 2.24) is 0 Å². The van der Waals surface area contributed by atoms with E-state index in [1.807, 2.05) is 13.0 Å². The van der Waals surface area contributed by atoms with Gasteiger partial charge in [-0.25, -0.2) is 4.79 Å². The summed E-state index contributed by atoms with van der Waals surface area (Å²) < 4.78 is 5.47. The van der Waals surface area contributed by atoms with Crippen LogP contribution in [0.5, 0.6) is 0 Å². The fourth-order valence-corrected chi connectivity index (χ4v) is 2.62. The van der Waals surface area contributed by atoms with Crippen molar-refractivity contribution in [3.63, 3.8) is 0 Å². The van der Waals surface area contributed by atoms with Gasteiger partial charge in [-0.15, -0.1) is 0 Å². The average molecular weight is 347 g/mol. The summed E-state index contributed by atoms with van der Waals surface area (Å²) in [6.07, 6.45) is 12.1. The number of nitrogens with zero attached hydrogens (tertiary/aromatic N) is 1. The summed E-state index contributed by atoms with van der Waals surface area (Å²) in [6, 6.07) is 8.87. The maximum Gasteiger partial charge on any atom is 0.365 e. The van der Waals surface area contributed by atoms with Crippen LogP contribution in [0.3, 0.4) is 0 Å². The molecule has 0 unspecified atom stereocenters. The molecular weight excluding hydrogens is 314 g/mol. The van der Waals surface area contributed by atoms with Crippen LogP contribution in [-0.2, 0) is 9.57 Å². The van der Waals surface area contributed by atoms with Crippen molar-refractivity contribution in [2.24, 2.45) is 5.16 Å². The van der Waals surface area contributed by atoms with E-state index in [0.717, 1.165) is 12.8 Å². The first kappa shape index (κ1) is 21.2. The number of hydrogen-bond acceptors (Lipinski definition) is 4. The molecule has 1 aromatic rings. The van der Waals surface area contributed by atoms with Crippen molar-refractivity contribution in [2.45, 2.75) is 78.1 Å². The minimum Gasteiger partial charge on any atom is -0.479 e. The van der Waals surface area contributed by atoms with Crippen molar-refractivity contribution in [3.05, 3.63) is 35.9 Å². The number of carbonyl (C=O) groups excluding carboxylic acids is 1. The number of rotatable bonds is 13. The molecule has 0 spiro atoms. The first-order chi connectivity index (χ1) is 12.3. The standard InChI is InChI=1S/C21H33NO3/c1-3-5-6-7-8-9-10-11-15-18-20(24-4-2)22-25-21(23)19-16-13-12-14-17-19/h12-14,16-17H,3-11,15,18H2,1-2H3/b22-20+. The molecule has 0 bridgehead atoms. The molecule has 0 aliphatic rings. The summed E-state index contributed by atoms with van der Waals surface area (Å²) in [4.78, 5) is 16.9. The molecule has 0 aliphatic heterocycles. The van der Waals surface area contributed by atoms with Gasteiger partial charge in [-0.05, 0) is 30.6 Å². The van der Waals surface area contributed by atoms with Gasteiger partial charge in [0.25, 0.3) is 0 Å². The van der Waals surface area contributed by atoms with E-state index in [9.17, 15) is 4.79 Å². The Morgan fingerprint density at radius 1 is 0.880 bits per heavy atom. The van der Waals surface area contributed by atoms with Gasteiger partial charge in [-0.1, -0.05) is 76.5 Å². The Labute approximate surface area is 152 Å². The van der Waals surface area contributed by atoms with Crippen LogP contribution >= 0.6 is 0 Å². The SMILES string of the molecule is CCCCCCCCCCC/C(=N\OC(=O)c1ccccc1)OCC. The number of unbranched alkanes of at least 4 members (excludes halogenated alkanes) is 8. The summed E-state index contributed by atoms with van der Waals surface area (Å²) in [5.74, 6) is 0.0552. The van der Waals surface area contributed by atoms with E-state index < -0.39 is 5.97 Å². The van der Waals surface area contributed by atoms with Gasteiger partial charge in [0, 0.05) is 6.42 Å². The van der Waals surface area contributed by atoms with Gasteiger partial charge >= 0.3 is 5.97 Å². The lowest BCUT2D eigenvalue weighted by molar-refractivity contribution is 0.0499. The molecule has 1 aromatic carbocycles. The zero-order valence-electron chi connectivity index (χ0n) is 15.8. The number of hydrogen-bond donors (Lipinski definition) is 0. The fraction of sp³-hybridized carbons (Fsp3) is 0.619. The molecule has 4 nitrogen and oxygen atoms in total. The first-order valence-electron chi connectivity index (χ1n) is 9.74. The molecule has 1 rings (SSSR count). The molecule has 0 fully saturated rings. The zero-order valence-corrected chi connectivity index (χ0v) is 15.8. The van der Waals surface area contributed by atoms with Crippen LogP contribution in [-0.4, -0.2) is 18.5 Å². The van der Waals surface area contributed by atoms with Crippen molar-refractivity contribution in [2.75, 3.05) is 6.61 Å². The van der Waals surface area contributed by atoms with E-state index >= 15 is 0 Å². The number of oxime groups is 1. The van der Waals surface area contributed by atoms with Crippen LogP contribution in [0.1, 0.15) is 88.4 Å². The maximum absolute atomic E-state index is 11.9. The average Bonchev–Trinajstić information content (AvgIpc) is 2.65. The minimum absolute atomic E-state index is 0.454. The van der Waals surface area contributed by atoms with Crippen molar-refractivity contribution in [1.29, 1.82) is 0 Å². The van der Waals surface area contributed by atoms with Crippen LogP contribution in [0, 0.1) is 0 Å². The van der Waals surface area contributed by atoms with Gasteiger partial charge < -0.3 is 9.57 Å². The predicted molar refractivity (Wildman–Crippen MR) is 103 cm³/mol. The first-order valence-corrected chi connectivity index (χ1v) is 9.74. The van der Waals surface area contributed by atoms with Gasteiger partial charge in [-0.3, -0.25) is 0 Å². The van der Waals surface area contributed by atoms with E-state index in [-0.39, 0.29) is 0 Å². The molecule has 0 heterocycles. The normalized spacial score (nSPS) is 11.4. The molecule has 0 saturated carbocycles. The maximum atomic E-state index is 11.9. The lowest BCUT2D eigenvalue weighted by Gasteiger charge is -2.07. The number of benzene rings is 1. The molecule has 0 amide bonds. The van der Waals surface area contributed by atoms with Gasteiger partial charge in [0.2, 0.25) is 5.90 Å². The second-order valence-corrected chi connectivity index (χ2v) is 6.24. The van der Waals surface area contributed by atoms with Crippen molar-refractivity contribution >= 4 is 11.9 Å². The number of carbonyl (C=O) groups is 1. The summed E-state index contributed by atoms with van der Waals surface area (Å²) in [7, 11) is 0. The van der Waals surface area contributed by atoms with E-state index in [4.69, 9.17) is 9.57 Å². The highest BCUT2D eigenvalue weighted by atomic mass is 16.7. The Hall–Kier alpha value is -1.84. The minimum atomic E-state index is -0.454. The predicted octanol–water partition coefficient (Wildman–Crippen LogP) is 6.11. The highest BCUT2D eigenvalue weighted by molar-refractivity contribution is 5.89. The molecule has 0 aliphatic carbocycles. The Balaban J connectivity index is 2.21. The molecular formula is C21H33NO3. The molecule has 0 radical (unpaired) electrons. The quantitative estimate of drug-likeness (QED) is 0.142. The Bertz CT molecular complexity index is 485. The highest BCUT2D eigenvalue weighted by Crippen LogP contribution is 2.11. The third-order valence-electron chi connectivity index (χ3n) is 4.05. The van der Waals surface area contributed by atoms with E-state index in [1.54, 1.807) is 24.3 Å². The van der Waals surface area contributed by atoms with Crippen molar-refractivity contribution < 1.29 is 14.4 Å². The van der Waals surface area contributed by atoms with Crippen LogP contribution in [0.15, 0.2) is 35.5 Å². The van der Waals surface area contributed by atoms with Gasteiger partial charge in [0.05, 0.1) is 12.2 Å². The van der Waals surface area contributed by atoms with E-state index in [2.05, 4.69) is 12.1 Å². The molecule has 4 heteroatoms. The molecule has 0 N–H and O–H groups in total. The van der Waals surface area contributed by atoms with E-state index in [1.165, 1.54) is 44.9 Å². The van der Waals surface area contributed by atoms with E-state index in [0.29, 0.717) is 24.5 Å².